The second kappa shape index (κ2) is 12.4. The number of phenolic OH excluding ortho intramolecular Hbond substituents is 1. The number of fused-ring (bicyclic) bond motifs is 1. The first-order valence-corrected chi connectivity index (χ1v) is 12.4. The molecule has 3 heterocycles. The van der Waals surface area contributed by atoms with E-state index in [1.165, 1.54) is 25.3 Å². The van der Waals surface area contributed by atoms with Gasteiger partial charge in [-0.05, 0) is 30.7 Å². The minimum Gasteiger partial charge on any atom is -0.508 e. The first-order chi connectivity index (χ1) is 18.6. The maximum Gasteiger partial charge on any atom is 0.337 e. The van der Waals surface area contributed by atoms with Gasteiger partial charge in [-0.15, -0.1) is 0 Å². The van der Waals surface area contributed by atoms with Crippen LogP contribution in [0.5, 0.6) is 5.75 Å². The minimum absolute atomic E-state index is 0.0603. The molecule has 2 saturated heterocycles. The van der Waals surface area contributed by atoms with E-state index in [-0.39, 0.29) is 17.7 Å². The summed E-state index contributed by atoms with van der Waals surface area (Å²) in [5.74, 6) is -2.52. The van der Waals surface area contributed by atoms with Crippen molar-refractivity contribution < 1.29 is 63.5 Å². The van der Waals surface area contributed by atoms with Crippen LogP contribution in [0.4, 0.5) is 0 Å². The zero-order valence-electron chi connectivity index (χ0n) is 21.2. The molecule has 5 N–H and O–H groups in total. The van der Waals surface area contributed by atoms with E-state index in [9.17, 15) is 35.1 Å². The molecule has 13 nitrogen and oxygen atoms in total. The molecule has 0 saturated carbocycles. The number of phenols is 1. The van der Waals surface area contributed by atoms with Crippen LogP contribution in [-0.4, -0.2) is 101 Å². The van der Waals surface area contributed by atoms with Crippen LogP contribution in [0.15, 0.2) is 42.2 Å². The number of benzene rings is 1. The molecular weight excluding hydrogens is 520 g/mol. The fraction of sp³-hybridized carbons (Fsp3) is 0.538. The van der Waals surface area contributed by atoms with Gasteiger partial charge in [-0.2, -0.15) is 0 Å². The van der Waals surface area contributed by atoms with Crippen molar-refractivity contribution in [1.29, 1.82) is 0 Å². The van der Waals surface area contributed by atoms with Crippen molar-refractivity contribution >= 4 is 18.0 Å². The van der Waals surface area contributed by atoms with Gasteiger partial charge in [0.2, 0.25) is 6.29 Å². The maximum atomic E-state index is 12.3. The second-order valence-electron chi connectivity index (χ2n) is 9.49. The Labute approximate surface area is 223 Å². The van der Waals surface area contributed by atoms with Crippen LogP contribution >= 0.6 is 0 Å². The van der Waals surface area contributed by atoms with Crippen LogP contribution in [0.2, 0.25) is 0 Å². The molecule has 2 fully saturated rings. The van der Waals surface area contributed by atoms with Crippen LogP contribution in [0.3, 0.4) is 0 Å². The zero-order chi connectivity index (χ0) is 28.3. The molecule has 0 spiro atoms. The molecular formula is C26H32O13. The molecule has 4 rings (SSSR count). The molecule has 1 aromatic carbocycles. The number of ether oxygens (including phenoxy) is 6. The first kappa shape index (κ1) is 29.0. The standard InChI is InChI=1S/C26H32O13/c1-12-20-15(9-19(29)37-12)16(24(33)34-2)10-36-25(20)39-26-23(32)22(31)21(30)17(38-26)11-35-18(28)8-5-13-3-6-14(27)7-4-13/h3-8,10,12,15,17,19-23,25-27,29-32H,9,11H2,1-2H3/t12-,15+,17+,19-,20+,21+,22-,23+,25+,26-/m0/s1. The number of aliphatic hydroxyl groups excluding tert-OH is 4. The van der Waals surface area contributed by atoms with E-state index in [1.54, 1.807) is 19.1 Å². The molecule has 0 amide bonds. The monoisotopic (exact) mass is 552 g/mol. The van der Waals surface area contributed by atoms with Crippen molar-refractivity contribution in [2.45, 2.75) is 62.7 Å². The zero-order valence-corrected chi connectivity index (χ0v) is 21.2. The molecule has 0 aromatic heterocycles. The van der Waals surface area contributed by atoms with Gasteiger partial charge < -0.3 is 54.0 Å². The second-order valence-corrected chi connectivity index (χ2v) is 9.49. The molecule has 39 heavy (non-hydrogen) atoms. The molecule has 10 atom stereocenters. The molecule has 0 bridgehead atoms. The minimum atomic E-state index is -1.71. The first-order valence-electron chi connectivity index (χ1n) is 12.4. The van der Waals surface area contributed by atoms with E-state index in [2.05, 4.69) is 0 Å². The number of hydrogen-bond acceptors (Lipinski definition) is 13. The van der Waals surface area contributed by atoms with E-state index >= 15 is 0 Å². The van der Waals surface area contributed by atoms with Gasteiger partial charge in [-0.3, -0.25) is 0 Å². The number of hydrogen-bond donors (Lipinski definition) is 5. The summed E-state index contributed by atoms with van der Waals surface area (Å²) in [5.41, 5.74) is 0.816. The highest BCUT2D eigenvalue weighted by molar-refractivity contribution is 5.89. The summed E-state index contributed by atoms with van der Waals surface area (Å²) >= 11 is 0. The van der Waals surface area contributed by atoms with Gasteiger partial charge in [0.05, 0.1) is 31.0 Å². The predicted octanol–water partition coefficient (Wildman–Crippen LogP) is -0.454. The van der Waals surface area contributed by atoms with Crippen LogP contribution in [-0.2, 0) is 38.0 Å². The van der Waals surface area contributed by atoms with Crippen molar-refractivity contribution in [2.75, 3.05) is 13.7 Å². The molecule has 3 aliphatic heterocycles. The lowest BCUT2D eigenvalue weighted by Gasteiger charge is -2.47. The smallest absolute Gasteiger partial charge is 0.337 e. The van der Waals surface area contributed by atoms with E-state index in [4.69, 9.17) is 28.4 Å². The Morgan fingerprint density at radius 1 is 1.03 bits per heavy atom. The molecule has 1 aromatic rings. The molecule has 13 heteroatoms. The number of carbonyl (C=O) groups excluding carboxylic acids is 2. The SMILES string of the molecule is COC(=O)C1=CO[C@H](O[C@@H]2O[C@H](COC(=O)C=Cc3ccc(O)cc3)[C@@H](O)[C@H](O)[C@H]2O)[C@@H]2[C@H](C)O[C@H](O)C[C@H]12. The van der Waals surface area contributed by atoms with Gasteiger partial charge in [0, 0.05) is 18.4 Å². The molecule has 0 aliphatic carbocycles. The Hall–Kier alpha value is -3.04. The molecule has 3 aliphatic rings. The van der Waals surface area contributed by atoms with Crippen molar-refractivity contribution in [3.05, 3.63) is 47.7 Å². The lowest BCUT2D eigenvalue weighted by atomic mass is 9.77. The summed E-state index contributed by atoms with van der Waals surface area (Å²) in [4.78, 5) is 24.4. The van der Waals surface area contributed by atoms with Crippen LogP contribution in [0.25, 0.3) is 6.08 Å². The highest BCUT2D eigenvalue weighted by Gasteiger charge is 2.51. The number of aliphatic hydroxyl groups is 4. The summed E-state index contributed by atoms with van der Waals surface area (Å²) < 4.78 is 32.6. The van der Waals surface area contributed by atoms with E-state index in [0.29, 0.717) is 5.56 Å². The van der Waals surface area contributed by atoms with Crippen LogP contribution in [0.1, 0.15) is 18.9 Å². The highest BCUT2D eigenvalue weighted by Crippen LogP contribution is 2.42. The van der Waals surface area contributed by atoms with E-state index in [1.807, 2.05) is 0 Å². The summed E-state index contributed by atoms with van der Waals surface area (Å²) in [7, 11) is 1.22. The van der Waals surface area contributed by atoms with Gasteiger partial charge in [-0.25, -0.2) is 9.59 Å². The van der Waals surface area contributed by atoms with Gasteiger partial charge in [0.15, 0.2) is 12.6 Å². The van der Waals surface area contributed by atoms with E-state index < -0.39 is 79.8 Å². The van der Waals surface area contributed by atoms with Crippen molar-refractivity contribution in [1.82, 2.24) is 0 Å². The summed E-state index contributed by atoms with van der Waals surface area (Å²) in [6.07, 6.45) is -6.89. The highest BCUT2D eigenvalue weighted by atomic mass is 16.8. The van der Waals surface area contributed by atoms with Crippen molar-refractivity contribution in [3.63, 3.8) is 0 Å². The van der Waals surface area contributed by atoms with Crippen LogP contribution in [0, 0.1) is 11.8 Å². The summed E-state index contributed by atoms with van der Waals surface area (Å²) in [6.45, 7) is 1.18. The maximum absolute atomic E-state index is 12.3. The molecule has 214 valence electrons. The fourth-order valence-corrected chi connectivity index (χ4v) is 4.86. The Morgan fingerprint density at radius 3 is 2.44 bits per heavy atom. The lowest BCUT2D eigenvalue weighted by Crippen LogP contribution is -2.61. The Balaban J connectivity index is 1.42. The van der Waals surface area contributed by atoms with Gasteiger partial charge in [0.25, 0.3) is 0 Å². The van der Waals surface area contributed by atoms with Crippen molar-refractivity contribution in [3.8, 4) is 5.75 Å². The Morgan fingerprint density at radius 2 is 1.74 bits per heavy atom. The normalized spacial score (nSPS) is 36.4. The Kier molecular flexibility index (Phi) is 9.23. The van der Waals surface area contributed by atoms with Crippen LogP contribution < -0.4 is 0 Å². The Bertz CT molecular complexity index is 1070. The number of rotatable bonds is 7. The van der Waals surface area contributed by atoms with E-state index in [0.717, 1.165) is 12.3 Å². The average molecular weight is 553 g/mol. The number of methoxy groups -OCH3 is 1. The average Bonchev–Trinajstić information content (AvgIpc) is 2.91. The largest absolute Gasteiger partial charge is 0.508 e. The number of aromatic hydroxyl groups is 1. The lowest BCUT2D eigenvalue weighted by molar-refractivity contribution is -0.352. The van der Waals surface area contributed by atoms with Gasteiger partial charge in [0.1, 0.15) is 36.8 Å². The van der Waals surface area contributed by atoms with Gasteiger partial charge in [-0.1, -0.05) is 12.1 Å². The van der Waals surface area contributed by atoms with Crippen molar-refractivity contribution in [2.24, 2.45) is 11.8 Å². The number of esters is 2. The molecule has 0 unspecified atom stereocenters. The molecule has 0 radical (unpaired) electrons. The third kappa shape index (κ3) is 6.58. The topological polar surface area (TPSA) is 191 Å². The number of carbonyl (C=O) groups is 2. The fourth-order valence-electron chi connectivity index (χ4n) is 4.86. The predicted molar refractivity (Wildman–Crippen MR) is 129 cm³/mol. The third-order valence-electron chi connectivity index (χ3n) is 6.93. The third-order valence-corrected chi connectivity index (χ3v) is 6.93. The summed E-state index contributed by atoms with van der Waals surface area (Å²) in [5, 5.41) is 50.8. The van der Waals surface area contributed by atoms with Gasteiger partial charge >= 0.3 is 11.9 Å². The summed E-state index contributed by atoms with van der Waals surface area (Å²) in [6, 6.07) is 6.09. The quantitative estimate of drug-likeness (QED) is 0.216.